The van der Waals surface area contributed by atoms with Gasteiger partial charge in [0.2, 0.25) is 5.95 Å². The third-order valence-corrected chi connectivity index (χ3v) is 11.0. The number of hydrogen-bond acceptors (Lipinski definition) is 10. The van der Waals surface area contributed by atoms with E-state index in [1.165, 1.54) is 23.1 Å². The summed E-state index contributed by atoms with van der Waals surface area (Å²) in [6.07, 6.45) is 2.22. The minimum absolute atomic E-state index is 0.0217. The van der Waals surface area contributed by atoms with Crippen LogP contribution in [0.25, 0.3) is 11.3 Å². The second kappa shape index (κ2) is 21.6. The average molecular weight is 875 g/mol. The van der Waals surface area contributed by atoms with Gasteiger partial charge in [0.25, 0.3) is 0 Å². The number of alkyl halides is 6. The van der Waals surface area contributed by atoms with Gasteiger partial charge in [0, 0.05) is 73.8 Å². The van der Waals surface area contributed by atoms with Crippen LogP contribution in [0, 0.1) is 5.41 Å². The first-order valence-corrected chi connectivity index (χ1v) is 20.7. The van der Waals surface area contributed by atoms with Crippen LogP contribution in [0.4, 0.5) is 42.8 Å². The number of piperidine rings is 1. The van der Waals surface area contributed by atoms with E-state index in [4.69, 9.17) is 5.41 Å². The number of hydrogen-bond donors (Lipinski definition) is 5. The maximum absolute atomic E-state index is 13.3. The van der Waals surface area contributed by atoms with E-state index in [2.05, 4.69) is 78.9 Å². The van der Waals surface area contributed by atoms with Crippen molar-refractivity contribution in [3.05, 3.63) is 83.3 Å². The summed E-state index contributed by atoms with van der Waals surface area (Å²) >= 11 is 4.43. The number of anilines is 2. The van der Waals surface area contributed by atoms with Gasteiger partial charge < -0.3 is 25.6 Å². The number of amides is 2. The number of halogens is 6. The summed E-state index contributed by atoms with van der Waals surface area (Å²) < 4.78 is 77.8. The van der Waals surface area contributed by atoms with E-state index in [9.17, 15) is 35.9 Å². The molecule has 2 aromatic carbocycles. The van der Waals surface area contributed by atoms with Crippen molar-refractivity contribution in [2.75, 3.05) is 50.9 Å². The Hall–Kier alpha value is -5.17. The number of urea groups is 1. The van der Waals surface area contributed by atoms with Gasteiger partial charge in [-0.2, -0.15) is 31.4 Å². The quantitative estimate of drug-likeness (QED) is 0.0295. The molecule has 12 nitrogen and oxygen atoms in total. The van der Waals surface area contributed by atoms with Gasteiger partial charge in [0.1, 0.15) is 24.2 Å². The lowest BCUT2D eigenvalue weighted by molar-refractivity contribution is -0.142. The van der Waals surface area contributed by atoms with Crippen molar-refractivity contribution in [1.29, 1.82) is 5.41 Å². The highest BCUT2D eigenvalue weighted by atomic mass is 32.1. The van der Waals surface area contributed by atoms with Gasteiger partial charge in [-0.05, 0) is 86.5 Å². The lowest BCUT2D eigenvalue weighted by Gasteiger charge is -2.32. The molecule has 0 bridgehead atoms. The highest BCUT2D eigenvalue weighted by Gasteiger charge is 2.36. The molecule has 0 atom stereocenters. The average Bonchev–Trinajstić information content (AvgIpc) is 3.70. The number of nitrogens with zero attached hydrogens (tertiary/aromatic N) is 6. The predicted octanol–water partition coefficient (Wildman–Crippen LogP) is 8.66. The van der Waals surface area contributed by atoms with Crippen LogP contribution in [0.5, 0.6) is 0 Å². The van der Waals surface area contributed by atoms with E-state index in [0.29, 0.717) is 22.4 Å². The van der Waals surface area contributed by atoms with Crippen molar-refractivity contribution in [3.63, 3.8) is 0 Å². The minimum atomic E-state index is -4.75. The van der Waals surface area contributed by atoms with Gasteiger partial charge in [-0.15, -0.1) is 12.6 Å². The Balaban J connectivity index is 0.000000237. The first-order valence-electron chi connectivity index (χ1n) is 20.2. The molecule has 4 N–H and O–H groups in total. The largest absolute Gasteiger partial charge is 0.419 e. The third-order valence-electron chi connectivity index (χ3n) is 10.7. The molecule has 2 aromatic heterocycles. The summed E-state index contributed by atoms with van der Waals surface area (Å²) in [6, 6.07) is 14.1. The summed E-state index contributed by atoms with van der Waals surface area (Å²) in [5.74, 6) is 0.572. The number of aldehydes is 1. The van der Waals surface area contributed by atoms with Crippen molar-refractivity contribution < 1.29 is 35.9 Å². The monoisotopic (exact) mass is 874 g/mol. The van der Waals surface area contributed by atoms with Crippen molar-refractivity contribution in [2.24, 2.45) is 0 Å². The summed E-state index contributed by atoms with van der Waals surface area (Å²) in [4.78, 5) is 35.6. The Morgan fingerprint density at radius 3 is 2.38 bits per heavy atom. The lowest BCUT2D eigenvalue weighted by atomic mass is 9.88. The number of likely N-dealkylation sites (tertiary alicyclic amines) is 1. The van der Waals surface area contributed by atoms with Crippen molar-refractivity contribution in [1.82, 2.24) is 34.9 Å². The number of nitrogens with one attached hydrogen (secondary N) is 4. The van der Waals surface area contributed by atoms with Crippen LogP contribution in [-0.2, 0) is 23.9 Å². The van der Waals surface area contributed by atoms with Crippen LogP contribution in [0.1, 0.15) is 79.5 Å². The maximum Gasteiger partial charge on any atom is 0.419 e. The Labute approximate surface area is 356 Å². The molecule has 1 aliphatic carbocycles. The smallest absolute Gasteiger partial charge is 0.388 e. The van der Waals surface area contributed by atoms with Crippen molar-refractivity contribution in [2.45, 2.75) is 93.5 Å². The van der Waals surface area contributed by atoms with Gasteiger partial charge in [-0.25, -0.2) is 14.8 Å². The Morgan fingerprint density at radius 2 is 1.74 bits per heavy atom. The first kappa shape index (κ1) is 46.9. The number of benzene rings is 2. The lowest BCUT2D eigenvalue weighted by Crippen LogP contribution is -2.43. The van der Waals surface area contributed by atoms with E-state index in [-0.39, 0.29) is 36.4 Å². The van der Waals surface area contributed by atoms with E-state index >= 15 is 0 Å². The number of carbonyl (C=O) groups is 2. The van der Waals surface area contributed by atoms with Gasteiger partial charge in [-0.1, -0.05) is 37.5 Å². The minimum Gasteiger partial charge on any atom is -0.388 e. The number of aromatic nitrogens is 4. The fraction of sp³-hybridized carbons (Fsp3) is 0.476. The molecule has 0 radical (unpaired) electrons. The molecule has 0 spiro atoms. The molecule has 2 fully saturated rings. The molecule has 2 aliphatic rings. The summed E-state index contributed by atoms with van der Waals surface area (Å²) in [6.45, 7) is 1.95. The predicted molar refractivity (Wildman–Crippen MR) is 225 cm³/mol. The normalized spacial score (nSPS) is 15.4. The van der Waals surface area contributed by atoms with E-state index in [1.807, 2.05) is 19.2 Å². The molecule has 1 saturated carbocycles. The van der Waals surface area contributed by atoms with E-state index in [0.717, 1.165) is 100 Å². The molecule has 2 amide bonds. The second-order valence-electron chi connectivity index (χ2n) is 15.1. The fourth-order valence-electron chi connectivity index (χ4n) is 7.56. The number of carbonyl (C=O) groups excluding carboxylic acids is 2. The van der Waals surface area contributed by atoms with Crippen molar-refractivity contribution >= 4 is 42.4 Å². The van der Waals surface area contributed by atoms with Crippen LogP contribution in [0.3, 0.4) is 0 Å². The summed E-state index contributed by atoms with van der Waals surface area (Å²) in [5, 5.41) is 20.9. The highest BCUT2D eigenvalue weighted by Crippen LogP contribution is 2.37. The van der Waals surface area contributed by atoms with Crippen molar-refractivity contribution in [3.8, 4) is 11.3 Å². The van der Waals surface area contributed by atoms with Crippen LogP contribution in [0.15, 0.2) is 66.0 Å². The van der Waals surface area contributed by atoms with Crippen LogP contribution >= 0.6 is 12.6 Å². The molecule has 1 aliphatic heterocycles. The SMILES string of the molecule is CNC(=O)N(CCC=O)C(=N)c1ccc(C2CCN(CCc3cccc(S)c3)CC2)cc1NC.FC(F)(F)Cn1cc(-c2nc(NC3CCCCC3)ncc2C(F)(F)F)cn1. The van der Waals surface area contributed by atoms with E-state index in [1.54, 1.807) is 0 Å². The zero-order valence-electron chi connectivity index (χ0n) is 34.1. The Morgan fingerprint density at radius 1 is 1.00 bits per heavy atom. The molecule has 4 aromatic rings. The molecule has 6 rings (SSSR count). The highest BCUT2D eigenvalue weighted by molar-refractivity contribution is 7.80. The molecular formula is C42H52F6N10O2S. The first-order chi connectivity index (χ1) is 29.1. The molecule has 0 unspecified atom stereocenters. The molecule has 19 heteroatoms. The fourth-order valence-corrected chi connectivity index (χ4v) is 7.81. The second-order valence-corrected chi connectivity index (χ2v) is 15.6. The Bertz CT molecular complexity index is 2080. The number of amidine groups is 1. The van der Waals surface area contributed by atoms with Crippen LogP contribution < -0.4 is 16.0 Å². The van der Waals surface area contributed by atoms with Crippen LogP contribution in [-0.4, -0.2) is 100 Å². The molecule has 3 heterocycles. The van der Waals surface area contributed by atoms with Gasteiger partial charge in [-0.3, -0.25) is 15.0 Å². The Kier molecular flexibility index (Phi) is 16.6. The zero-order valence-corrected chi connectivity index (χ0v) is 35.0. The van der Waals surface area contributed by atoms with Gasteiger partial charge >= 0.3 is 18.4 Å². The molecular weight excluding hydrogens is 823 g/mol. The van der Waals surface area contributed by atoms with Gasteiger partial charge in [0.15, 0.2) is 0 Å². The molecule has 61 heavy (non-hydrogen) atoms. The standard InChI is InChI=1S/C26H35N5O2S.C16H17F6N5/c1-28-24-18-21(7-8-23(24)25(27)31(12-4-16-32)26(33)29-2)20-10-14-30(15-11-20)13-9-19-5-3-6-22(34)17-19;17-15(18,19)9-27-8-10(6-24-27)13-12(16(20,21)22)7-23-14(26-13)25-11-4-2-1-3-5-11/h3,5-8,16-18,20,27-28,34H,4,9-15H2,1-2H3,(H,29,33);6-8,11H,1-5,9H2,(H,23,25,26). The topological polar surface area (TPSA) is 144 Å². The molecule has 1 saturated heterocycles. The third kappa shape index (κ3) is 13.7. The summed E-state index contributed by atoms with van der Waals surface area (Å²) in [5.41, 5.74) is 2.27. The number of thiol groups is 1. The maximum atomic E-state index is 13.3. The molecule has 330 valence electrons. The van der Waals surface area contributed by atoms with Gasteiger partial charge in [0.05, 0.1) is 11.9 Å². The van der Waals surface area contributed by atoms with E-state index < -0.39 is 36.2 Å². The summed E-state index contributed by atoms with van der Waals surface area (Å²) in [7, 11) is 3.35. The zero-order chi connectivity index (χ0) is 44.2. The number of rotatable bonds is 13. The van der Waals surface area contributed by atoms with Crippen LogP contribution in [0.2, 0.25) is 0 Å².